The van der Waals surface area contributed by atoms with Crippen LogP contribution in [0.25, 0.3) is 0 Å². The van der Waals surface area contributed by atoms with E-state index in [9.17, 15) is 24.3 Å². The highest BCUT2D eigenvalue weighted by Crippen LogP contribution is 2.53. The highest BCUT2D eigenvalue weighted by Gasteiger charge is 2.71. The molecular weight excluding hydrogens is 602 g/mol. The number of hydrogen-bond donors (Lipinski definition) is 2. The maximum absolute atomic E-state index is 14.5. The molecule has 0 bridgehead atoms. The summed E-state index contributed by atoms with van der Waals surface area (Å²) < 4.78 is 18.5. The SMILES string of the molecule is COC[C@H]1NC(=O)CC/C=C\[C@H]2O[C@]34C=CCN(Cc5ccccc5)C(=O)[C@H]3N(CCCO)C(=O)[C@@H]4[C@H]2C(=O)O[C@@H]1c1ccccc1. The second-order valence-electron chi connectivity index (χ2n) is 12.4. The number of ether oxygens (including phenoxy) is 3. The molecule has 4 heterocycles. The first-order valence-electron chi connectivity index (χ1n) is 16.2. The van der Waals surface area contributed by atoms with E-state index in [-0.39, 0.29) is 44.4 Å². The Morgan fingerprint density at radius 2 is 1.74 bits per heavy atom. The van der Waals surface area contributed by atoms with Gasteiger partial charge in [0.25, 0.3) is 0 Å². The molecule has 6 rings (SSSR count). The highest BCUT2D eigenvalue weighted by molar-refractivity contribution is 5.99. The van der Waals surface area contributed by atoms with Gasteiger partial charge in [0, 0.05) is 39.8 Å². The van der Waals surface area contributed by atoms with Crippen molar-refractivity contribution in [2.45, 2.75) is 55.7 Å². The van der Waals surface area contributed by atoms with Crippen molar-refractivity contribution in [3.8, 4) is 0 Å². The van der Waals surface area contributed by atoms with Gasteiger partial charge in [-0.2, -0.15) is 0 Å². The number of aliphatic hydroxyl groups excluding tert-OH is 1. The zero-order valence-corrected chi connectivity index (χ0v) is 26.4. The summed E-state index contributed by atoms with van der Waals surface area (Å²) in [5.74, 6) is -3.72. The van der Waals surface area contributed by atoms with E-state index in [0.717, 1.165) is 5.56 Å². The number of allylic oxidation sites excluding steroid dienone is 1. The van der Waals surface area contributed by atoms with Crippen LogP contribution in [0, 0.1) is 11.8 Å². The lowest BCUT2D eigenvalue weighted by Crippen LogP contribution is -2.55. The number of nitrogens with zero attached hydrogens (tertiary/aromatic N) is 2. The molecular formula is C36H41N3O8. The number of hydrogen-bond acceptors (Lipinski definition) is 8. The molecule has 2 fully saturated rings. The van der Waals surface area contributed by atoms with Gasteiger partial charge in [0.05, 0.1) is 24.7 Å². The van der Waals surface area contributed by atoms with Crippen LogP contribution in [0.1, 0.15) is 36.5 Å². The predicted octanol–water partition coefficient (Wildman–Crippen LogP) is 2.31. The molecule has 4 aliphatic rings. The summed E-state index contributed by atoms with van der Waals surface area (Å²) in [6, 6.07) is 17.0. The van der Waals surface area contributed by atoms with Crippen LogP contribution in [-0.2, 0) is 39.9 Å². The van der Waals surface area contributed by atoms with Gasteiger partial charge in [0.1, 0.15) is 23.7 Å². The number of amides is 3. The van der Waals surface area contributed by atoms with E-state index in [0.29, 0.717) is 25.1 Å². The van der Waals surface area contributed by atoms with Crippen LogP contribution < -0.4 is 5.32 Å². The smallest absolute Gasteiger partial charge is 0.313 e. The van der Waals surface area contributed by atoms with E-state index < -0.39 is 53.6 Å². The number of benzene rings is 2. The van der Waals surface area contributed by atoms with Crippen molar-refractivity contribution >= 4 is 23.7 Å². The molecule has 0 radical (unpaired) electrons. The molecule has 0 aliphatic carbocycles. The van der Waals surface area contributed by atoms with Gasteiger partial charge >= 0.3 is 5.97 Å². The Labute approximate surface area is 274 Å². The number of cyclic esters (lactones) is 1. The minimum absolute atomic E-state index is 0.0802. The first-order valence-corrected chi connectivity index (χ1v) is 16.2. The molecule has 0 saturated carbocycles. The third kappa shape index (κ3) is 6.35. The number of carbonyl (C=O) groups excluding carboxylic acids is 4. The zero-order valence-electron chi connectivity index (χ0n) is 26.4. The number of carbonyl (C=O) groups is 4. The second-order valence-corrected chi connectivity index (χ2v) is 12.4. The third-order valence-electron chi connectivity index (χ3n) is 9.42. The van der Waals surface area contributed by atoms with Crippen LogP contribution in [0.3, 0.4) is 0 Å². The average Bonchev–Trinajstić information content (AvgIpc) is 3.46. The molecule has 2 aromatic rings. The van der Waals surface area contributed by atoms with Crippen LogP contribution in [0.15, 0.2) is 85.0 Å². The third-order valence-corrected chi connectivity index (χ3v) is 9.42. The minimum Gasteiger partial charge on any atom is -0.455 e. The normalized spacial score (nSPS) is 31.5. The van der Waals surface area contributed by atoms with Crippen molar-refractivity contribution in [3.05, 3.63) is 96.1 Å². The molecule has 2 saturated heterocycles. The van der Waals surface area contributed by atoms with E-state index >= 15 is 0 Å². The lowest BCUT2D eigenvalue weighted by Gasteiger charge is -2.35. The van der Waals surface area contributed by atoms with Crippen LogP contribution >= 0.6 is 0 Å². The molecule has 11 nitrogen and oxygen atoms in total. The van der Waals surface area contributed by atoms with Crippen LogP contribution in [-0.4, -0.2) is 95.8 Å². The molecule has 2 aromatic carbocycles. The molecule has 0 aromatic heterocycles. The minimum atomic E-state index is -1.45. The zero-order chi connectivity index (χ0) is 33.0. The lowest BCUT2D eigenvalue weighted by molar-refractivity contribution is -0.162. The summed E-state index contributed by atoms with van der Waals surface area (Å²) in [4.78, 5) is 59.5. The fourth-order valence-electron chi connectivity index (χ4n) is 7.36. The largest absolute Gasteiger partial charge is 0.455 e. The Hall–Kier alpha value is -4.32. The first-order chi connectivity index (χ1) is 22.9. The molecule has 0 unspecified atom stereocenters. The number of nitrogens with one attached hydrogen (secondary N) is 1. The number of aliphatic hydroxyl groups is 1. The fourth-order valence-corrected chi connectivity index (χ4v) is 7.36. The fraction of sp³-hybridized carbons (Fsp3) is 0.444. The Balaban J connectivity index is 1.41. The van der Waals surface area contributed by atoms with Crippen molar-refractivity contribution in [1.82, 2.24) is 15.1 Å². The summed E-state index contributed by atoms with van der Waals surface area (Å²) >= 11 is 0. The van der Waals surface area contributed by atoms with Gasteiger partial charge in [-0.3, -0.25) is 19.2 Å². The van der Waals surface area contributed by atoms with Crippen LogP contribution in [0.5, 0.6) is 0 Å². The molecule has 4 aliphatic heterocycles. The Morgan fingerprint density at radius 1 is 1.00 bits per heavy atom. The second kappa shape index (κ2) is 14.2. The summed E-state index contributed by atoms with van der Waals surface area (Å²) in [5.41, 5.74) is 0.145. The van der Waals surface area contributed by atoms with Crippen molar-refractivity contribution < 1.29 is 38.5 Å². The summed E-state index contributed by atoms with van der Waals surface area (Å²) in [6.07, 6.45) is 6.11. The van der Waals surface area contributed by atoms with Gasteiger partial charge in [-0.15, -0.1) is 0 Å². The van der Waals surface area contributed by atoms with Crippen molar-refractivity contribution in [1.29, 1.82) is 0 Å². The number of fused-ring (bicyclic) bond motifs is 2. The lowest BCUT2D eigenvalue weighted by atomic mass is 9.77. The van der Waals surface area contributed by atoms with Gasteiger partial charge in [0.15, 0.2) is 0 Å². The van der Waals surface area contributed by atoms with Gasteiger partial charge in [-0.25, -0.2) is 0 Å². The van der Waals surface area contributed by atoms with Crippen molar-refractivity contribution in [2.75, 3.05) is 33.4 Å². The standard InChI is InChI=1S/C36H41N3O8/c1-45-23-26-31(25-14-6-3-7-15-25)46-35(44)29-27(16-8-9-17-28(41)37-26)47-36-18-10-19-38(22-24-12-4-2-5-13-24)34(43)32(36)39(20-11-21-40)33(42)30(29)36/h2-8,10,12-16,18,26-27,29-32,40H,9,11,17,19-23H2,1H3,(H,37,41)/b16-8-/t26-,27-,29+,30+,31-,32-,36+/m1/s1. The molecule has 47 heavy (non-hydrogen) atoms. The maximum atomic E-state index is 14.5. The first kappa shape index (κ1) is 32.6. The van der Waals surface area contributed by atoms with E-state index in [1.54, 1.807) is 23.1 Å². The molecule has 3 amide bonds. The molecule has 11 heteroatoms. The van der Waals surface area contributed by atoms with Crippen LogP contribution in [0.2, 0.25) is 0 Å². The monoisotopic (exact) mass is 643 g/mol. The molecule has 7 atom stereocenters. The molecule has 2 N–H and O–H groups in total. The Kier molecular flexibility index (Phi) is 9.86. The average molecular weight is 644 g/mol. The van der Waals surface area contributed by atoms with Gasteiger partial charge in [0.2, 0.25) is 17.7 Å². The van der Waals surface area contributed by atoms with E-state index in [4.69, 9.17) is 14.2 Å². The number of rotatable bonds is 8. The van der Waals surface area contributed by atoms with Gasteiger partial charge in [-0.1, -0.05) is 85.0 Å². The Morgan fingerprint density at radius 3 is 2.47 bits per heavy atom. The molecule has 1 spiro atoms. The quantitative estimate of drug-likeness (QED) is 0.331. The molecule has 248 valence electrons. The predicted molar refractivity (Wildman–Crippen MR) is 170 cm³/mol. The topological polar surface area (TPSA) is 135 Å². The van der Waals surface area contributed by atoms with E-state index in [1.165, 1.54) is 12.0 Å². The summed E-state index contributed by atoms with van der Waals surface area (Å²) in [6.45, 7) is 0.657. The maximum Gasteiger partial charge on any atom is 0.313 e. The summed E-state index contributed by atoms with van der Waals surface area (Å²) in [7, 11) is 1.51. The highest BCUT2D eigenvalue weighted by atomic mass is 16.6. The van der Waals surface area contributed by atoms with Crippen molar-refractivity contribution in [2.24, 2.45) is 11.8 Å². The van der Waals surface area contributed by atoms with E-state index in [1.807, 2.05) is 66.7 Å². The Bertz CT molecular complexity index is 1510. The number of likely N-dealkylation sites (tertiary alicyclic amines) is 1. The van der Waals surface area contributed by atoms with E-state index in [2.05, 4.69) is 5.32 Å². The number of methoxy groups -OCH3 is 1. The van der Waals surface area contributed by atoms with Crippen molar-refractivity contribution in [3.63, 3.8) is 0 Å². The number of esters is 1. The van der Waals surface area contributed by atoms with Gasteiger partial charge < -0.3 is 34.4 Å². The van der Waals surface area contributed by atoms with Gasteiger partial charge in [-0.05, 0) is 24.0 Å². The summed E-state index contributed by atoms with van der Waals surface area (Å²) in [5, 5.41) is 12.7. The van der Waals surface area contributed by atoms with Crippen LogP contribution in [0.4, 0.5) is 0 Å².